The third-order valence-electron chi connectivity index (χ3n) is 4.93. The summed E-state index contributed by atoms with van der Waals surface area (Å²) in [6.45, 7) is 0. The van der Waals surface area contributed by atoms with Gasteiger partial charge in [0.1, 0.15) is 5.75 Å². The second-order valence-electron chi connectivity index (χ2n) is 7.47. The number of methoxy groups -OCH3 is 1. The number of hydrogen-bond acceptors (Lipinski definition) is 6. The number of carbonyl (C=O) groups is 2. The number of aryl methyl sites for hydroxylation is 1. The van der Waals surface area contributed by atoms with Crippen LogP contribution in [0.3, 0.4) is 0 Å². The van der Waals surface area contributed by atoms with E-state index in [1.165, 1.54) is 0 Å². The number of hydrogen-bond donors (Lipinski definition) is 2. The molecule has 0 atom stereocenters. The second kappa shape index (κ2) is 9.42. The molecule has 1 heterocycles. The molecule has 2 amide bonds. The molecule has 8 heteroatoms. The van der Waals surface area contributed by atoms with E-state index in [1.807, 2.05) is 24.3 Å². The highest BCUT2D eigenvalue weighted by molar-refractivity contribution is 5.97. The van der Waals surface area contributed by atoms with E-state index in [1.54, 1.807) is 31.4 Å². The molecular weight excluding hydrogens is 396 g/mol. The first-order valence-corrected chi connectivity index (χ1v) is 10.3. The summed E-state index contributed by atoms with van der Waals surface area (Å²) in [4.78, 5) is 28.8. The van der Waals surface area contributed by atoms with Crippen molar-refractivity contribution in [1.82, 2.24) is 15.5 Å². The summed E-state index contributed by atoms with van der Waals surface area (Å²) < 4.78 is 10.4. The number of aromatic nitrogens is 2. The number of rotatable bonds is 9. The maximum Gasteiger partial charge on any atom is 0.251 e. The summed E-state index contributed by atoms with van der Waals surface area (Å²) >= 11 is 0. The van der Waals surface area contributed by atoms with Crippen molar-refractivity contribution in [3.05, 3.63) is 60.0 Å². The lowest BCUT2D eigenvalue weighted by Crippen LogP contribution is -2.25. The fraction of sp³-hybridized carbons (Fsp3) is 0.304. The minimum Gasteiger partial charge on any atom is -0.497 e. The van der Waals surface area contributed by atoms with Gasteiger partial charge in [0.05, 0.1) is 7.11 Å². The Morgan fingerprint density at radius 3 is 2.71 bits per heavy atom. The molecule has 0 bridgehead atoms. The molecule has 0 saturated heterocycles. The molecule has 2 aromatic carbocycles. The molecule has 0 radical (unpaired) electrons. The van der Waals surface area contributed by atoms with Crippen LogP contribution in [-0.2, 0) is 11.2 Å². The monoisotopic (exact) mass is 420 g/mol. The van der Waals surface area contributed by atoms with Gasteiger partial charge in [-0.2, -0.15) is 4.98 Å². The summed E-state index contributed by atoms with van der Waals surface area (Å²) in [6, 6.07) is 14.6. The van der Waals surface area contributed by atoms with E-state index in [2.05, 4.69) is 20.8 Å². The first kappa shape index (κ1) is 20.6. The van der Waals surface area contributed by atoms with Gasteiger partial charge in [-0.25, -0.2) is 0 Å². The van der Waals surface area contributed by atoms with E-state index in [0.717, 1.165) is 24.2 Å². The maximum absolute atomic E-state index is 12.3. The first-order valence-electron chi connectivity index (χ1n) is 10.3. The molecule has 160 valence electrons. The third kappa shape index (κ3) is 5.69. The van der Waals surface area contributed by atoms with E-state index < -0.39 is 0 Å². The van der Waals surface area contributed by atoms with E-state index in [9.17, 15) is 9.59 Å². The first-order chi connectivity index (χ1) is 15.1. The molecule has 1 aliphatic carbocycles. The van der Waals surface area contributed by atoms with Crippen molar-refractivity contribution in [1.29, 1.82) is 0 Å². The topological polar surface area (TPSA) is 106 Å². The van der Waals surface area contributed by atoms with Crippen LogP contribution in [0.1, 0.15) is 41.9 Å². The fourth-order valence-corrected chi connectivity index (χ4v) is 3.07. The third-order valence-corrected chi connectivity index (χ3v) is 4.93. The van der Waals surface area contributed by atoms with Gasteiger partial charge in [-0.15, -0.1) is 0 Å². The zero-order chi connectivity index (χ0) is 21.6. The summed E-state index contributed by atoms with van der Waals surface area (Å²) in [5.41, 5.74) is 1.98. The van der Waals surface area contributed by atoms with Crippen molar-refractivity contribution in [2.24, 2.45) is 0 Å². The molecule has 4 rings (SSSR count). The van der Waals surface area contributed by atoms with Crippen LogP contribution < -0.4 is 15.4 Å². The highest BCUT2D eigenvalue weighted by atomic mass is 16.5. The average Bonchev–Trinajstić information content (AvgIpc) is 3.48. The van der Waals surface area contributed by atoms with Crippen molar-refractivity contribution in [3.63, 3.8) is 0 Å². The van der Waals surface area contributed by atoms with Crippen molar-refractivity contribution in [3.8, 4) is 17.1 Å². The molecule has 2 N–H and O–H groups in total. The van der Waals surface area contributed by atoms with Crippen LogP contribution in [0.4, 0.5) is 5.69 Å². The SMILES string of the molecule is COc1ccc(-c2noc(CCCC(=O)Nc3cccc(C(=O)NC4CC4)c3)n2)cc1. The molecule has 31 heavy (non-hydrogen) atoms. The Morgan fingerprint density at radius 1 is 1.16 bits per heavy atom. The Kier molecular flexibility index (Phi) is 6.26. The van der Waals surface area contributed by atoms with Gasteiger partial charge in [-0.1, -0.05) is 11.2 Å². The molecule has 8 nitrogen and oxygen atoms in total. The predicted octanol–water partition coefficient (Wildman–Crippen LogP) is 3.60. The minimum absolute atomic E-state index is 0.109. The van der Waals surface area contributed by atoms with E-state index >= 15 is 0 Å². The van der Waals surface area contributed by atoms with Gasteiger partial charge in [-0.05, 0) is 61.7 Å². The lowest BCUT2D eigenvalue weighted by Gasteiger charge is -2.07. The van der Waals surface area contributed by atoms with Crippen LogP contribution in [0.15, 0.2) is 53.1 Å². The van der Waals surface area contributed by atoms with Gasteiger partial charge in [0.25, 0.3) is 5.91 Å². The molecule has 1 fully saturated rings. The highest BCUT2D eigenvalue weighted by Gasteiger charge is 2.23. The lowest BCUT2D eigenvalue weighted by molar-refractivity contribution is -0.116. The van der Waals surface area contributed by atoms with Crippen LogP contribution in [0.2, 0.25) is 0 Å². The zero-order valence-electron chi connectivity index (χ0n) is 17.3. The van der Waals surface area contributed by atoms with Gasteiger partial charge in [0, 0.05) is 35.7 Å². The van der Waals surface area contributed by atoms with E-state index in [0.29, 0.717) is 48.3 Å². The summed E-state index contributed by atoms with van der Waals surface area (Å²) in [7, 11) is 1.61. The molecule has 1 saturated carbocycles. The van der Waals surface area contributed by atoms with Gasteiger partial charge < -0.3 is 19.9 Å². The Morgan fingerprint density at radius 2 is 1.97 bits per heavy atom. The van der Waals surface area contributed by atoms with Crippen molar-refractivity contribution < 1.29 is 18.8 Å². The van der Waals surface area contributed by atoms with Gasteiger partial charge >= 0.3 is 0 Å². The van der Waals surface area contributed by atoms with Gasteiger partial charge in [0.15, 0.2) is 0 Å². The maximum atomic E-state index is 12.3. The lowest BCUT2D eigenvalue weighted by atomic mass is 10.1. The number of ether oxygens (including phenoxy) is 1. The molecule has 1 aliphatic rings. The summed E-state index contributed by atoms with van der Waals surface area (Å²) in [5.74, 6) is 1.51. The highest BCUT2D eigenvalue weighted by Crippen LogP contribution is 2.21. The van der Waals surface area contributed by atoms with Crippen molar-refractivity contribution in [2.45, 2.75) is 38.1 Å². The molecule has 1 aromatic heterocycles. The van der Waals surface area contributed by atoms with Crippen LogP contribution in [0, 0.1) is 0 Å². The largest absolute Gasteiger partial charge is 0.497 e. The van der Waals surface area contributed by atoms with Crippen LogP contribution >= 0.6 is 0 Å². The summed E-state index contributed by atoms with van der Waals surface area (Å²) in [5, 5.41) is 9.77. The Hall–Kier alpha value is -3.68. The molecular formula is C23H24N4O4. The predicted molar refractivity (Wildman–Crippen MR) is 115 cm³/mol. The molecule has 3 aromatic rings. The Bertz CT molecular complexity index is 1060. The van der Waals surface area contributed by atoms with Gasteiger partial charge in [-0.3, -0.25) is 9.59 Å². The van der Waals surface area contributed by atoms with Crippen molar-refractivity contribution in [2.75, 3.05) is 12.4 Å². The molecule has 0 unspecified atom stereocenters. The number of nitrogens with one attached hydrogen (secondary N) is 2. The molecule has 0 aliphatic heterocycles. The van der Waals surface area contributed by atoms with E-state index in [-0.39, 0.29) is 11.8 Å². The number of amides is 2. The minimum atomic E-state index is -0.130. The Labute approximate surface area is 180 Å². The van der Waals surface area contributed by atoms with Crippen LogP contribution in [0.25, 0.3) is 11.4 Å². The smallest absolute Gasteiger partial charge is 0.251 e. The molecule has 0 spiro atoms. The average molecular weight is 420 g/mol. The van der Waals surface area contributed by atoms with Crippen molar-refractivity contribution >= 4 is 17.5 Å². The van der Waals surface area contributed by atoms with Crippen LogP contribution in [0.5, 0.6) is 5.75 Å². The number of carbonyl (C=O) groups excluding carboxylic acids is 2. The quantitative estimate of drug-likeness (QED) is 0.548. The fourth-order valence-electron chi connectivity index (χ4n) is 3.07. The second-order valence-corrected chi connectivity index (χ2v) is 7.47. The Balaban J connectivity index is 1.25. The van der Waals surface area contributed by atoms with E-state index in [4.69, 9.17) is 9.26 Å². The number of anilines is 1. The summed E-state index contributed by atoms with van der Waals surface area (Å²) in [6.07, 6.45) is 3.44. The van der Waals surface area contributed by atoms with Gasteiger partial charge in [0.2, 0.25) is 17.6 Å². The zero-order valence-corrected chi connectivity index (χ0v) is 17.3. The normalized spacial score (nSPS) is 12.9. The number of nitrogens with zero attached hydrogens (tertiary/aromatic N) is 2. The van der Waals surface area contributed by atoms with Crippen LogP contribution in [-0.4, -0.2) is 35.1 Å². The standard InChI is InChI=1S/C23H24N4O4/c1-30-19-12-8-15(9-13-19)22-26-21(31-27-22)7-3-6-20(28)24-18-5-2-4-16(14-18)23(29)25-17-10-11-17/h2,4-5,8-9,12-14,17H,3,6-7,10-11H2,1H3,(H,24,28)(H,25,29). The number of benzene rings is 2.